The maximum Gasteiger partial charge on any atom is 0.338 e. The highest BCUT2D eigenvalue weighted by molar-refractivity contribution is 7.07. The van der Waals surface area contributed by atoms with Crippen LogP contribution in [0.1, 0.15) is 44.9 Å². The molecule has 0 aliphatic carbocycles. The maximum atomic E-state index is 13.7. The highest BCUT2D eigenvalue weighted by Crippen LogP contribution is 2.36. The van der Waals surface area contributed by atoms with Crippen LogP contribution in [0.3, 0.4) is 0 Å². The van der Waals surface area contributed by atoms with Crippen LogP contribution < -0.4 is 24.4 Å². The molecule has 0 spiro atoms. The van der Waals surface area contributed by atoms with Gasteiger partial charge >= 0.3 is 5.97 Å². The van der Waals surface area contributed by atoms with Crippen LogP contribution in [0.25, 0.3) is 6.08 Å². The molecule has 0 N–H and O–H groups in total. The van der Waals surface area contributed by atoms with Crippen LogP contribution in [0.5, 0.6) is 11.5 Å². The van der Waals surface area contributed by atoms with Crippen molar-refractivity contribution >= 4 is 35.0 Å². The molecule has 0 amide bonds. The number of carbonyl (C=O) groups is 1. The van der Waals surface area contributed by atoms with Crippen molar-refractivity contribution in [2.45, 2.75) is 33.7 Å². The summed E-state index contributed by atoms with van der Waals surface area (Å²) < 4.78 is 18.9. The number of rotatable bonds is 8. The number of thiazole rings is 1. The first-order chi connectivity index (χ1) is 17.4. The predicted molar refractivity (Wildman–Crippen MR) is 141 cm³/mol. The molecule has 0 saturated heterocycles. The van der Waals surface area contributed by atoms with E-state index in [4.69, 9.17) is 25.8 Å². The maximum absolute atomic E-state index is 13.7. The van der Waals surface area contributed by atoms with Gasteiger partial charge in [-0.25, -0.2) is 9.79 Å². The van der Waals surface area contributed by atoms with Crippen molar-refractivity contribution in [1.29, 1.82) is 0 Å². The van der Waals surface area contributed by atoms with Crippen LogP contribution in [0, 0.1) is 0 Å². The van der Waals surface area contributed by atoms with Crippen LogP contribution in [-0.2, 0) is 9.53 Å². The molecule has 7 nitrogen and oxygen atoms in total. The van der Waals surface area contributed by atoms with Crippen LogP contribution in [0.2, 0.25) is 5.02 Å². The van der Waals surface area contributed by atoms with Gasteiger partial charge in [-0.1, -0.05) is 41.1 Å². The van der Waals surface area contributed by atoms with Gasteiger partial charge in [0.2, 0.25) is 0 Å². The van der Waals surface area contributed by atoms with E-state index in [1.807, 2.05) is 38.1 Å². The highest BCUT2D eigenvalue weighted by Gasteiger charge is 2.34. The van der Waals surface area contributed by atoms with Crippen molar-refractivity contribution in [3.8, 4) is 11.5 Å². The lowest BCUT2D eigenvalue weighted by Crippen LogP contribution is -2.40. The fourth-order valence-electron chi connectivity index (χ4n) is 4.06. The van der Waals surface area contributed by atoms with Crippen molar-refractivity contribution < 1.29 is 19.0 Å². The number of allylic oxidation sites excluding steroid dienone is 1. The lowest BCUT2D eigenvalue weighted by Gasteiger charge is -2.25. The highest BCUT2D eigenvalue weighted by atomic mass is 35.5. The summed E-state index contributed by atoms with van der Waals surface area (Å²) in [5, 5.41) is 0.615. The third-order valence-electron chi connectivity index (χ3n) is 5.57. The Morgan fingerprint density at radius 1 is 1.06 bits per heavy atom. The van der Waals surface area contributed by atoms with E-state index in [1.165, 1.54) is 11.3 Å². The number of esters is 1. The summed E-state index contributed by atoms with van der Waals surface area (Å²) >= 11 is 7.28. The molecule has 2 aromatic carbocycles. The minimum absolute atomic E-state index is 0.205. The zero-order valence-electron chi connectivity index (χ0n) is 20.5. The Bertz CT molecular complexity index is 1490. The van der Waals surface area contributed by atoms with Gasteiger partial charge < -0.3 is 14.2 Å². The summed E-state index contributed by atoms with van der Waals surface area (Å²) in [7, 11) is 0. The van der Waals surface area contributed by atoms with Gasteiger partial charge in [0, 0.05) is 5.02 Å². The quantitative estimate of drug-likeness (QED) is 0.410. The monoisotopic (exact) mass is 526 g/mol. The Morgan fingerprint density at radius 2 is 1.75 bits per heavy atom. The third-order valence-corrected chi connectivity index (χ3v) is 6.80. The number of carbonyl (C=O) groups excluding carboxylic acids is 1. The van der Waals surface area contributed by atoms with Gasteiger partial charge in [-0.2, -0.15) is 0 Å². The summed E-state index contributed by atoms with van der Waals surface area (Å²) in [6, 6.07) is 11.9. The number of nitrogens with zero attached hydrogens (tertiary/aromatic N) is 2. The number of aromatic nitrogens is 1. The summed E-state index contributed by atoms with van der Waals surface area (Å²) in [4.78, 5) is 31.9. The molecule has 2 heterocycles. The molecule has 0 bridgehead atoms. The van der Waals surface area contributed by atoms with Gasteiger partial charge in [-0.15, -0.1) is 0 Å². The van der Waals surface area contributed by atoms with Crippen LogP contribution in [-0.4, -0.2) is 30.4 Å². The molecular weight excluding hydrogens is 500 g/mol. The van der Waals surface area contributed by atoms with Crippen molar-refractivity contribution in [2.75, 3.05) is 19.8 Å². The molecule has 1 atom stereocenters. The Kier molecular flexibility index (Phi) is 7.96. The second-order valence-corrected chi connectivity index (χ2v) is 9.37. The lowest BCUT2D eigenvalue weighted by molar-refractivity contribution is -0.139. The van der Waals surface area contributed by atoms with Gasteiger partial charge in [0.15, 0.2) is 16.3 Å². The molecule has 0 fully saturated rings. The fraction of sp³-hybridized carbons (Fsp3) is 0.296. The second-order valence-electron chi connectivity index (χ2n) is 7.93. The van der Waals surface area contributed by atoms with E-state index in [2.05, 4.69) is 4.99 Å². The van der Waals surface area contributed by atoms with E-state index in [-0.39, 0.29) is 12.2 Å². The molecule has 0 unspecified atom stereocenters. The molecular formula is C27H27ClN2O5S. The Hall–Kier alpha value is -3.36. The smallest absolute Gasteiger partial charge is 0.338 e. The minimum Gasteiger partial charge on any atom is -0.490 e. The molecule has 1 aromatic heterocycles. The minimum atomic E-state index is -0.734. The van der Waals surface area contributed by atoms with Gasteiger partial charge in [-0.05, 0) is 69.2 Å². The Labute approximate surface area is 217 Å². The molecule has 36 heavy (non-hydrogen) atoms. The fourth-order valence-corrected chi connectivity index (χ4v) is 5.23. The third kappa shape index (κ3) is 5.10. The van der Waals surface area contributed by atoms with E-state index in [0.29, 0.717) is 55.9 Å². The molecule has 9 heteroatoms. The Morgan fingerprint density at radius 3 is 2.42 bits per heavy atom. The summed E-state index contributed by atoms with van der Waals surface area (Å²) in [5.74, 6) is 0.622. The van der Waals surface area contributed by atoms with E-state index >= 15 is 0 Å². The number of benzene rings is 2. The van der Waals surface area contributed by atoms with Gasteiger partial charge in [0.25, 0.3) is 5.56 Å². The molecule has 188 valence electrons. The molecule has 3 aromatic rings. The van der Waals surface area contributed by atoms with E-state index in [1.54, 1.807) is 42.7 Å². The number of fused-ring (bicyclic) bond motifs is 1. The van der Waals surface area contributed by atoms with Crippen LogP contribution >= 0.6 is 22.9 Å². The van der Waals surface area contributed by atoms with Crippen LogP contribution in [0.15, 0.2) is 63.5 Å². The first-order valence-electron chi connectivity index (χ1n) is 11.7. The van der Waals surface area contributed by atoms with Crippen LogP contribution in [0.4, 0.5) is 0 Å². The molecule has 0 radical (unpaired) electrons. The molecule has 0 saturated carbocycles. The molecule has 1 aliphatic rings. The average molecular weight is 527 g/mol. The topological polar surface area (TPSA) is 79.1 Å². The number of ether oxygens (including phenoxy) is 3. The summed E-state index contributed by atoms with van der Waals surface area (Å²) in [5.41, 5.74) is 2.10. The second kappa shape index (κ2) is 11.1. The van der Waals surface area contributed by atoms with Gasteiger partial charge in [-0.3, -0.25) is 9.36 Å². The average Bonchev–Trinajstić information content (AvgIpc) is 3.15. The van der Waals surface area contributed by atoms with Crippen molar-refractivity contribution in [3.63, 3.8) is 0 Å². The summed E-state index contributed by atoms with van der Waals surface area (Å²) in [6.07, 6.45) is 1.80. The molecule has 4 rings (SSSR count). The van der Waals surface area contributed by atoms with Crippen molar-refractivity contribution in [1.82, 2.24) is 4.57 Å². The SMILES string of the molecule is CCOC(=O)C1=C(C)N=c2s/c(=C\c3ccc(Cl)cc3)c(=O)n2[C@@H]1c1ccc(OCC)c(OCC)c1. The largest absolute Gasteiger partial charge is 0.490 e. The number of hydrogen-bond donors (Lipinski definition) is 0. The van der Waals surface area contributed by atoms with Gasteiger partial charge in [0.1, 0.15) is 0 Å². The van der Waals surface area contributed by atoms with Gasteiger partial charge in [0.05, 0.1) is 41.7 Å². The van der Waals surface area contributed by atoms with E-state index in [9.17, 15) is 9.59 Å². The zero-order valence-corrected chi connectivity index (χ0v) is 22.1. The predicted octanol–water partition coefficient (Wildman–Crippen LogP) is 4.25. The summed E-state index contributed by atoms with van der Waals surface area (Å²) in [6.45, 7) is 8.40. The normalized spacial score (nSPS) is 15.4. The Balaban J connectivity index is 1.94. The van der Waals surface area contributed by atoms with Crippen molar-refractivity contribution in [3.05, 3.63) is 89.6 Å². The van der Waals surface area contributed by atoms with Crippen molar-refractivity contribution in [2.24, 2.45) is 4.99 Å². The van der Waals surface area contributed by atoms with E-state index in [0.717, 1.165) is 5.56 Å². The van der Waals surface area contributed by atoms with E-state index < -0.39 is 12.0 Å². The number of halogens is 1. The standard InChI is InChI=1S/C27H27ClN2O5S/c1-5-33-20-13-10-18(15-21(20)34-6-2)24-23(26(32)35-7-3)16(4)29-27-30(24)25(31)22(36-27)14-17-8-11-19(28)12-9-17/h8-15,24H,5-7H2,1-4H3/b22-14-/t24-/m1/s1. The molecule has 1 aliphatic heterocycles. The first-order valence-corrected chi connectivity index (χ1v) is 12.9. The number of hydrogen-bond acceptors (Lipinski definition) is 7. The first kappa shape index (κ1) is 25.7. The zero-order chi connectivity index (χ0) is 25.8. The lowest BCUT2D eigenvalue weighted by atomic mass is 9.95.